The lowest BCUT2D eigenvalue weighted by Crippen LogP contribution is -2.46. The Morgan fingerprint density at radius 1 is 1.69 bits per heavy atom. The summed E-state index contributed by atoms with van der Waals surface area (Å²) in [6.07, 6.45) is 2.16. The van der Waals surface area contributed by atoms with E-state index in [1.165, 1.54) is 0 Å². The van der Waals surface area contributed by atoms with Crippen LogP contribution in [0, 0.1) is 5.92 Å². The number of nitrogens with two attached hydrogens (primary N) is 1. The van der Waals surface area contributed by atoms with Crippen molar-refractivity contribution in [3.8, 4) is 0 Å². The topological polar surface area (TPSA) is 87.7 Å². The van der Waals surface area contributed by atoms with Gasteiger partial charge in [-0.2, -0.15) is 0 Å². The average Bonchev–Trinajstić information content (AvgIpc) is 2.11. The lowest BCUT2D eigenvalue weighted by Gasteiger charge is -2.34. The fourth-order valence-electron chi connectivity index (χ4n) is 1.34. The number of carbonyl (C=O) groups excluding carboxylic acids is 1. The molecule has 0 radical (unpaired) electrons. The minimum absolute atomic E-state index is 0.0281. The van der Waals surface area contributed by atoms with E-state index < -0.39 is 0 Å². The van der Waals surface area contributed by atoms with Gasteiger partial charge in [0.05, 0.1) is 6.42 Å². The van der Waals surface area contributed by atoms with Crippen LogP contribution in [-0.4, -0.2) is 23.0 Å². The van der Waals surface area contributed by atoms with Crippen LogP contribution in [0.2, 0.25) is 0 Å². The number of hydrogen-bond acceptors (Lipinski definition) is 3. The molecule has 5 heteroatoms. The Kier molecular flexibility index (Phi) is 3.11. The molecule has 5 nitrogen and oxygen atoms in total. The van der Waals surface area contributed by atoms with Crippen molar-refractivity contribution < 1.29 is 10.0 Å². The van der Waals surface area contributed by atoms with E-state index >= 15 is 0 Å². The van der Waals surface area contributed by atoms with Crippen molar-refractivity contribution in [1.29, 1.82) is 0 Å². The van der Waals surface area contributed by atoms with E-state index in [1.807, 2.05) is 0 Å². The highest BCUT2D eigenvalue weighted by molar-refractivity contribution is 5.98. The van der Waals surface area contributed by atoms with Gasteiger partial charge in [-0.05, 0) is 18.8 Å². The van der Waals surface area contributed by atoms with Gasteiger partial charge in [-0.25, -0.2) is 0 Å². The summed E-state index contributed by atoms with van der Waals surface area (Å²) in [5.74, 6) is 0.326. The number of nitrogens with zero attached hydrogens (tertiary/aromatic N) is 1. The fourth-order valence-corrected chi connectivity index (χ4v) is 1.34. The molecule has 0 aliphatic heterocycles. The molecule has 74 valence electrons. The van der Waals surface area contributed by atoms with E-state index in [2.05, 4.69) is 17.4 Å². The Bertz CT molecular complexity index is 227. The lowest BCUT2D eigenvalue weighted by molar-refractivity contribution is -0.121. The van der Waals surface area contributed by atoms with Gasteiger partial charge in [-0.3, -0.25) is 4.79 Å². The number of carbonyl (C=O) groups is 1. The summed E-state index contributed by atoms with van der Waals surface area (Å²) in [6.45, 7) is 2.10. The molecule has 2 atom stereocenters. The zero-order chi connectivity index (χ0) is 9.84. The van der Waals surface area contributed by atoms with Crippen LogP contribution in [0.4, 0.5) is 0 Å². The number of rotatable bonds is 3. The second kappa shape index (κ2) is 4.11. The molecule has 4 N–H and O–H groups in total. The number of nitrogens with one attached hydrogen (secondary N) is 1. The largest absolute Gasteiger partial charge is 0.409 e. The second-order valence-electron chi connectivity index (χ2n) is 3.50. The van der Waals surface area contributed by atoms with Crippen LogP contribution in [0.15, 0.2) is 5.16 Å². The Morgan fingerprint density at radius 3 is 2.77 bits per heavy atom. The maximum atomic E-state index is 11.2. The molecular formula is C8H15N3O2. The zero-order valence-electron chi connectivity index (χ0n) is 7.66. The van der Waals surface area contributed by atoms with Gasteiger partial charge < -0.3 is 16.3 Å². The third kappa shape index (κ3) is 2.61. The van der Waals surface area contributed by atoms with E-state index in [9.17, 15) is 4.79 Å². The van der Waals surface area contributed by atoms with E-state index in [4.69, 9.17) is 10.9 Å². The molecule has 1 fully saturated rings. The van der Waals surface area contributed by atoms with Gasteiger partial charge in [0.2, 0.25) is 5.91 Å². The molecule has 1 aliphatic rings. The Morgan fingerprint density at radius 2 is 2.38 bits per heavy atom. The average molecular weight is 185 g/mol. The number of amides is 1. The van der Waals surface area contributed by atoms with E-state index in [1.54, 1.807) is 0 Å². The summed E-state index contributed by atoms with van der Waals surface area (Å²) < 4.78 is 0. The lowest BCUT2D eigenvalue weighted by atomic mass is 9.81. The van der Waals surface area contributed by atoms with Crippen molar-refractivity contribution in [1.82, 2.24) is 5.32 Å². The first-order chi connectivity index (χ1) is 6.13. The molecular weight excluding hydrogens is 170 g/mol. The fraction of sp³-hybridized carbons (Fsp3) is 0.750. The summed E-state index contributed by atoms with van der Waals surface area (Å²) in [6, 6.07) is 0.277. The molecule has 0 bridgehead atoms. The van der Waals surface area contributed by atoms with Gasteiger partial charge >= 0.3 is 0 Å². The van der Waals surface area contributed by atoms with Crippen LogP contribution in [0.3, 0.4) is 0 Å². The highest BCUT2D eigenvalue weighted by Crippen LogP contribution is 2.26. The van der Waals surface area contributed by atoms with Crippen molar-refractivity contribution in [2.24, 2.45) is 16.8 Å². The van der Waals surface area contributed by atoms with E-state index in [0.717, 1.165) is 12.8 Å². The number of oxime groups is 1. The third-order valence-corrected chi connectivity index (χ3v) is 2.44. The molecule has 0 saturated heterocycles. The molecule has 1 aliphatic carbocycles. The van der Waals surface area contributed by atoms with Gasteiger partial charge in [-0.15, -0.1) is 0 Å². The van der Waals surface area contributed by atoms with Crippen LogP contribution in [0.5, 0.6) is 0 Å². The minimum atomic E-state index is -0.174. The quantitative estimate of drug-likeness (QED) is 0.251. The smallest absolute Gasteiger partial charge is 0.227 e. The first-order valence-corrected chi connectivity index (χ1v) is 4.39. The third-order valence-electron chi connectivity index (χ3n) is 2.44. The van der Waals surface area contributed by atoms with Gasteiger partial charge in [0, 0.05) is 6.04 Å². The molecule has 13 heavy (non-hydrogen) atoms. The first kappa shape index (κ1) is 9.83. The van der Waals surface area contributed by atoms with Crippen LogP contribution in [-0.2, 0) is 4.79 Å². The van der Waals surface area contributed by atoms with Crippen LogP contribution in [0.25, 0.3) is 0 Å². The minimum Gasteiger partial charge on any atom is -0.409 e. The highest BCUT2D eigenvalue weighted by atomic mass is 16.4. The van der Waals surface area contributed by atoms with Gasteiger partial charge in [0.25, 0.3) is 0 Å². The zero-order valence-corrected chi connectivity index (χ0v) is 7.66. The Balaban J connectivity index is 2.25. The molecule has 0 spiro atoms. The monoisotopic (exact) mass is 185 g/mol. The van der Waals surface area contributed by atoms with Crippen LogP contribution < -0.4 is 11.1 Å². The van der Waals surface area contributed by atoms with Crippen molar-refractivity contribution in [2.45, 2.75) is 32.2 Å². The molecule has 0 aromatic rings. The standard InChI is InChI=1S/C8H15N3O2/c1-5-2-3-6(5)10-8(12)4-7(9)11-13/h5-6,13H,2-4H2,1H3,(H2,9,11)(H,10,12). The number of hydrogen-bond donors (Lipinski definition) is 3. The van der Waals surface area contributed by atoms with E-state index in [0.29, 0.717) is 5.92 Å². The Hall–Kier alpha value is -1.26. The van der Waals surface area contributed by atoms with Gasteiger partial charge in [0.15, 0.2) is 0 Å². The maximum absolute atomic E-state index is 11.2. The molecule has 0 heterocycles. The summed E-state index contributed by atoms with van der Waals surface area (Å²) in [5.41, 5.74) is 5.18. The maximum Gasteiger partial charge on any atom is 0.227 e. The first-order valence-electron chi connectivity index (χ1n) is 4.39. The van der Waals surface area contributed by atoms with Gasteiger partial charge in [0.1, 0.15) is 5.84 Å². The van der Waals surface area contributed by atoms with Crippen molar-refractivity contribution in [2.75, 3.05) is 0 Å². The van der Waals surface area contributed by atoms with Crippen LogP contribution in [0.1, 0.15) is 26.2 Å². The van der Waals surface area contributed by atoms with Crippen molar-refractivity contribution >= 4 is 11.7 Å². The molecule has 1 saturated carbocycles. The normalized spacial score (nSPS) is 27.9. The van der Waals surface area contributed by atoms with Crippen molar-refractivity contribution in [3.05, 3.63) is 0 Å². The SMILES string of the molecule is CC1CCC1NC(=O)C/C(N)=N/O. The van der Waals surface area contributed by atoms with Gasteiger partial charge in [-0.1, -0.05) is 12.1 Å². The predicted octanol–water partition coefficient (Wildman–Crippen LogP) is 0.0376. The molecule has 1 amide bonds. The summed E-state index contributed by atoms with van der Waals surface area (Å²) in [5, 5.41) is 13.8. The van der Waals surface area contributed by atoms with Crippen LogP contribution >= 0.6 is 0 Å². The highest BCUT2D eigenvalue weighted by Gasteiger charge is 2.27. The molecule has 2 unspecified atom stereocenters. The number of amidine groups is 1. The molecule has 0 aromatic heterocycles. The predicted molar refractivity (Wildman–Crippen MR) is 48.4 cm³/mol. The second-order valence-corrected chi connectivity index (χ2v) is 3.50. The molecule has 1 rings (SSSR count). The summed E-state index contributed by atoms with van der Waals surface area (Å²) in [4.78, 5) is 11.2. The summed E-state index contributed by atoms with van der Waals surface area (Å²) in [7, 11) is 0. The van der Waals surface area contributed by atoms with E-state index in [-0.39, 0.29) is 24.2 Å². The van der Waals surface area contributed by atoms with Crippen molar-refractivity contribution in [3.63, 3.8) is 0 Å². The molecule has 0 aromatic carbocycles. The Labute approximate surface area is 77.0 Å². The summed E-state index contributed by atoms with van der Waals surface area (Å²) >= 11 is 0.